The molecule has 158 valence electrons. The number of H-pyrrole nitrogens is 1. The molecule has 0 spiro atoms. The maximum atomic E-state index is 13.5. The van der Waals surface area contributed by atoms with Crippen LogP contribution >= 0.6 is 11.8 Å². The largest absolute Gasteiger partial charge is 0.332 e. The van der Waals surface area contributed by atoms with Crippen molar-refractivity contribution in [2.45, 2.75) is 5.16 Å². The third kappa shape index (κ3) is 3.74. The molecule has 32 heavy (non-hydrogen) atoms. The van der Waals surface area contributed by atoms with Gasteiger partial charge in [-0.05, 0) is 54.1 Å². The van der Waals surface area contributed by atoms with Gasteiger partial charge in [0.2, 0.25) is 0 Å². The number of hydrogen-bond donors (Lipinski definition) is 1. The lowest BCUT2D eigenvalue weighted by molar-refractivity contribution is 0.628. The first-order chi connectivity index (χ1) is 15.6. The van der Waals surface area contributed by atoms with Crippen molar-refractivity contribution < 1.29 is 4.39 Å². The van der Waals surface area contributed by atoms with Crippen molar-refractivity contribution in [2.75, 3.05) is 18.2 Å². The standard InChI is InChI=1S/C26H21FN4S/c1-31(22-9-5-7-17-6-3-4-8-21(17)22)23-16-19(14-15-28-23)25-24(29-26(30-25)32-2)18-10-12-20(27)13-11-18/h3-16H,1-2H3,(H,29,30). The van der Waals surface area contributed by atoms with Crippen LogP contribution in [0.4, 0.5) is 15.9 Å². The summed E-state index contributed by atoms with van der Waals surface area (Å²) >= 11 is 1.54. The van der Waals surface area contributed by atoms with Gasteiger partial charge in [0.25, 0.3) is 0 Å². The van der Waals surface area contributed by atoms with Gasteiger partial charge in [0.15, 0.2) is 5.16 Å². The summed E-state index contributed by atoms with van der Waals surface area (Å²) in [7, 11) is 2.02. The summed E-state index contributed by atoms with van der Waals surface area (Å²) in [5, 5.41) is 3.16. The zero-order valence-electron chi connectivity index (χ0n) is 17.7. The number of fused-ring (bicyclic) bond motifs is 1. The number of imidazole rings is 1. The Labute approximate surface area is 190 Å². The summed E-state index contributed by atoms with van der Waals surface area (Å²) in [6.07, 6.45) is 3.78. The molecule has 0 fully saturated rings. The lowest BCUT2D eigenvalue weighted by Crippen LogP contribution is -2.11. The monoisotopic (exact) mass is 440 g/mol. The second-order valence-electron chi connectivity index (χ2n) is 7.44. The van der Waals surface area contributed by atoms with Crippen LogP contribution in [-0.4, -0.2) is 28.3 Å². The van der Waals surface area contributed by atoms with Gasteiger partial charge in [0.1, 0.15) is 11.6 Å². The van der Waals surface area contributed by atoms with Crippen LogP contribution in [0.25, 0.3) is 33.3 Å². The van der Waals surface area contributed by atoms with E-state index in [1.165, 1.54) is 34.7 Å². The summed E-state index contributed by atoms with van der Waals surface area (Å²) in [6.45, 7) is 0. The Morgan fingerprint density at radius 1 is 0.906 bits per heavy atom. The van der Waals surface area contributed by atoms with Crippen molar-refractivity contribution >= 4 is 34.0 Å². The molecular formula is C26H21FN4S. The Hall–Kier alpha value is -3.64. The molecule has 6 heteroatoms. The van der Waals surface area contributed by atoms with Gasteiger partial charge in [0.05, 0.1) is 11.4 Å². The van der Waals surface area contributed by atoms with E-state index in [2.05, 4.69) is 45.2 Å². The number of thioether (sulfide) groups is 1. The van der Waals surface area contributed by atoms with Crippen molar-refractivity contribution in [3.63, 3.8) is 0 Å². The average molecular weight is 441 g/mol. The number of benzene rings is 3. The van der Waals surface area contributed by atoms with Crippen molar-refractivity contribution in [1.82, 2.24) is 15.0 Å². The fraction of sp³-hybridized carbons (Fsp3) is 0.0769. The number of aromatic nitrogens is 3. The number of rotatable bonds is 5. The van der Waals surface area contributed by atoms with Crippen LogP contribution in [0.3, 0.4) is 0 Å². The molecular weight excluding hydrogens is 419 g/mol. The second-order valence-corrected chi connectivity index (χ2v) is 8.23. The first kappa shape index (κ1) is 20.3. The summed E-state index contributed by atoms with van der Waals surface area (Å²) in [6, 6.07) is 25.0. The highest BCUT2D eigenvalue weighted by atomic mass is 32.2. The van der Waals surface area contributed by atoms with Crippen LogP contribution in [0.2, 0.25) is 0 Å². The normalized spacial score (nSPS) is 11.1. The van der Waals surface area contributed by atoms with E-state index in [4.69, 9.17) is 4.98 Å². The van der Waals surface area contributed by atoms with Gasteiger partial charge < -0.3 is 9.88 Å². The lowest BCUT2D eigenvalue weighted by Gasteiger charge is -2.21. The molecule has 2 aromatic heterocycles. The van der Waals surface area contributed by atoms with Gasteiger partial charge in [-0.3, -0.25) is 0 Å². The number of anilines is 2. The summed E-state index contributed by atoms with van der Waals surface area (Å²) in [5.41, 5.74) is 4.58. The van der Waals surface area contributed by atoms with Crippen LogP contribution < -0.4 is 4.90 Å². The highest BCUT2D eigenvalue weighted by Crippen LogP contribution is 2.35. The first-order valence-electron chi connectivity index (χ1n) is 10.2. The Bertz CT molecular complexity index is 1390. The quantitative estimate of drug-likeness (QED) is 0.301. The number of nitrogens with zero attached hydrogens (tertiary/aromatic N) is 3. The summed E-state index contributed by atoms with van der Waals surface area (Å²) in [4.78, 5) is 14.9. The number of aromatic amines is 1. The molecule has 5 rings (SSSR count). The Kier molecular flexibility index (Phi) is 5.37. The van der Waals surface area contributed by atoms with Crippen molar-refractivity contribution in [1.29, 1.82) is 0 Å². The third-order valence-electron chi connectivity index (χ3n) is 5.50. The molecule has 0 saturated carbocycles. The molecule has 0 saturated heterocycles. The van der Waals surface area contributed by atoms with E-state index in [-0.39, 0.29) is 5.82 Å². The molecule has 0 aliphatic rings. The number of hydrogen-bond acceptors (Lipinski definition) is 4. The SMILES string of the molecule is CSc1nc(-c2ccnc(N(C)c3cccc4ccccc34)c2)c(-c2ccc(F)cc2)[nH]1. The van der Waals surface area contributed by atoms with Gasteiger partial charge in [-0.25, -0.2) is 14.4 Å². The number of halogens is 1. The van der Waals surface area contributed by atoms with E-state index in [0.29, 0.717) is 0 Å². The van der Waals surface area contributed by atoms with Gasteiger partial charge >= 0.3 is 0 Å². The average Bonchev–Trinajstić information content (AvgIpc) is 3.28. The predicted molar refractivity (Wildman–Crippen MR) is 131 cm³/mol. The van der Waals surface area contributed by atoms with Crippen LogP contribution in [-0.2, 0) is 0 Å². The molecule has 0 bridgehead atoms. The Morgan fingerprint density at radius 3 is 2.50 bits per heavy atom. The lowest BCUT2D eigenvalue weighted by atomic mass is 10.1. The van der Waals surface area contributed by atoms with Gasteiger partial charge in [-0.1, -0.05) is 48.2 Å². The highest BCUT2D eigenvalue weighted by Gasteiger charge is 2.16. The van der Waals surface area contributed by atoms with Crippen LogP contribution in [0.5, 0.6) is 0 Å². The molecule has 1 N–H and O–H groups in total. The molecule has 0 atom stereocenters. The second kappa shape index (κ2) is 8.48. The van der Waals surface area contributed by atoms with Gasteiger partial charge in [-0.2, -0.15) is 0 Å². The van der Waals surface area contributed by atoms with E-state index in [0.717, 1.165) is 39.2 Å². The molecule has 3 aromatic carbocycles. The van der Waals surface area contributed by atoms with Crippen molar-refractivity contribution in [2.24, 2.45) is 0 Å². The van der Waals surface area contributed by atoms with E-state index >= 15 is 0 Å². The van der Waals surface area contributed by atoms with Crippen molar-refractivity contribution in [3.8, 4) is 22.5 Å². The zero-order chi connectivity index (χ0) is 22.1. The molecule has 4 nitrogen and oxygen atoms in total. The fourth-order valence-electron chi connectivity index (χ4n) is 3.86. The number of pyridine rings is 1. The maximum absolute atomic E-state index is 13.5. The zero-order valence-corrected chi connectivity index (χ0v) is 18.5. The van der Waals surface area contributed by atoms with Gasteiger partial charge in [-0.15, -0.1) is 0 Å². The summed E-state index contributed by atoms with van der Waals surface area (Å²) < 4.78 is 13.5. The Balaban J connectivity index is 1.59. The molecule has 0 aliphatic carbocycles. The molecule has 0 aliphatic heterocycles. The maximum Gasteiger partial charge on any atom is 0.166 e. The fourth-order valence-corrected chi connectivity index (χ4v) is 4.24. The third-order valence-corrected chi connectivity index (χ3v) is 6.08. The van der Waals surface area contributed by atoms with Crippen LogP contribution in [0.15, 0.2) is 90.2 Å². The number of nitrogens with one attached hydrogen (secondary N) is 1. The predicted octanol–water partition coefficient (Wildman–Crippen LogP) is 6.92. The topological polar surface area (TPSA) is 44.8 Å². The van der Waals surface area contributed by atoms with Crippen molar-refractivity contribution in [3.05, 3.63) is 90.9 Å². The van der Waals surface area contributed by atoms with E-state index in [1.54, 1.807) is 18.3 Å². The highest BCUT2D eigenvalue weighted by molar-refractivity contribution is 7.98. The smallest absolute Gasteiger partial charge is 0.166 e. The molecule has 0 radical (unpaired) electrons. The minimum Gasteiger partial charge on any atom is -0.332 e. The van der Waals surface area contributed by atoms with Crippen LogP contribution in [0, 0.1) is 5.82 Å². The van der Waals surface area contributed by atoms with E-state index in [1.807, 2.05) is 37.6 Å². The van der Waals surface area contributed by atoms with E-state index < -0.39 is 0 Å². The van der Waals surface area contributed by atoms with E-state index in [9.17, 15) is 4.39 Å². The molecule has 0 amide bonds. The molecule has 0 unspecified atom stereocenters. The summed E-state index contributed by atoms with van der Waals surface area (Å²) in [5.74, 6) is 0.556. The first-order valence-corrected chi connectivity index (χ1v) is 11.4. The molecule has 2 heterocycles. The van der Waals surface area contributed by atoms with Crippen LogP contribution in [0.1, 0.15) is 0 Å². The minimum atomic E-state index is -0.261. The Morgan fingerprint density at radius 2 is 1.69 bits per heavy atom. The molecule has 5 aromatic rings. The van der Waals surface area contributed by atoms with Gasteiger partial charge in [0, 0.05) is 35.4 Å². The minimum absolute atomic E-state index is 0.261.